The van der Waals surface area contributed by atoms with Gasteiger partial charge in [0.25, 0.3) is 5.91 Å². The van der Waals surface area contributed by atoms with Crippen LogP contribution in [0.3, 0.4) is 0 Å². The third kappa shape index (κ3) is 8.05. The molecule has 2 N–H and O–H groups in total. The van der Waals surface area contributed by atoms with Crippen LogP contribution in [0.15, 0.2) is 64.3 Å². The largest absolute Gasteiger partial charge is 0.434 e. The first kappa shape index (κ1) is 32.9. The summed E-state index contributed by atoms with van der Waals surface area (Å²) in [4.78, 5) is 36.2. The van der Waals surface area contributed by atoms with E-state index in [-0.39, 0.29) is 43.4 Å². The number of carbonyl (C=O) groups excluding carboxylic acids is 2. The first-order valence-electron chi connectivity index (χ1n) is 14.8. The second-order valence-corrected chi connectivity index (χ2v) is 15.2. The highest BCUT2D eigenvalue weighted by Crippen LogP contribution is 2.26. The van der Waals surface area contributed by atoms with Gasteiger partial charge >= 0.3 is 6.09 Å². The molecule has 1 aliphatic heterocycles. The van der Waals surface area contributed by atoms with Crippen LogP contribution in [-0.4, -0.2) is 82.6 Å². The lowest BCUT2D eigenvalue weighted by molar-refractivity contribution is -0.129. The maximum absolute atomic E-state index is 14.0. The standard InChI is InChI=1S/C31H37N5O6S3/c1-4-20(2)14-36(45(40,41)24-10-11-25-29(13-24)44-19-32-25)16-27(37)26(12-22-8-6-5-7-9-22)34-30(38)28-17-35(31(39)42-28)15-23-18-43-21(3)33-23/h5-11,13,18-20,26-28,37H,4,12,14-17H2,1-3H3,(H,34,38)/t20-,26?,27?,28?/m1/s1. The van der Waals surface area contributed by atoms with Crippen molar-refractivity contribution in [1.29, 1.82) is 0 Å². The van der Waals surface area contributed by atoms with Gasteiger partial charge in [0.05, 0.1) is 56.6 Å². The maximum Gasteiger partial charge on any atom is 0.411 e. The number of sulfonamides is 1. The monoisotopic (exact) mass is 671 g/mol. The summed E-state index contributed by atoms with van der Waals surface area (Å²) >= 11 is 2.83. The maximum atomic E-state index is 14.0. The normalized spacial score (nSPS) is 17.4. The Kier molecular flexibility index (Phi) is 10.5. The Labute approximate surface area is 270 Å². The zero-order valence-electron chi connectivity index (χ0n) is 25.3. The quantitative estimate of drug-likeness (QED) is 0.203. The van der Waals surface area contributed by atoms with Crippen LogP contribution in [0.25, 0.3) is 10.2 Å². The zero-order valence-corrected chi connectivity index (χ0v) is 27.8. The molecule has 0 saturated carbocycles. The fraction of sp³-hybridized carbons (Fsp3) is 0.419. The smallest absolute Gasteiger partial charge is 0.411 e. The molecule has 3 unspecified atom stereocenters. The fourth-order valence-corrected chi connectivity index (χ4v) is 8.10. The van der Waals surface area contributed by atoms with Gasteiger partial charge in [0.2, 0.25) is 10.0 Å². The van der Waals surface area contributed by atoms with Gasteiger partial charge in [0.1, 0.15) is 0 Å². The van der Waals surface area contributed by atoms with Gasteiger partial charge in [-0.1, -0.05) is 50.6 Å². The predicted molar refractivity (Wildman–Crippen MR) is 173 cm³/mol. The van der Waals surface area contributed by atoms with E-state index in [1.165, 1.54) is 37.9 Å². The van der Waals surface area contributed by atoms with Crippen molar-refractivity contribution >= 4 is 54.9 Å². The number of thiazole rings is 2. The van der Waals surface area contributed by atoms with E-state index in [1.54, 1.807) is 17.6 Å². The number of rotatable bonds is 14. The van der Waals surface area contributed by atoms with E-state index in [1.807, 2.05) is 56.5 Å². The van der Waals surface area contributed by atoms with Crippen LogP contribution in [0.2, 0.25) is 0 Å². The lowest BCUT2D eigenvalue weighted by Crippen LogP contribution is -2.53. The van der Waals surface area contributed by atoms with Crippen molar-refractivity contribution in [3.8, 4) is 0 Å². The van der Waals surface area contributed by atoms with Gasteiger partial charge in [-0.2, -0.15) is 4.31 Å². The predicted octanol–water partition coefficient (Wildman–Crippen LogP) is 4.21. The van der Waals surface area contributed by atoms with E-state index in [2.05, 4.69) is 15.3 Å². The van der Waals surface area contributed by atoms with Crippen molar-refractivity contribution in [1.82, 2.24) is 24.5 Å². The minimum Gasteiger partial charge on any atom is -0.434 e. The van der Waals surface area contributed by atoms with E-state index in [0.717, 1.165) is 21.7 Å². The van der Waals surface area contributed by atoms with Crippen LogP contribution in [0.1, 0.15) is 36.5 Å². The number of hydrogen-bond acceptors (Lipinski definition) is 10. The number of aliphatic hydroxyl groups excluding tert-OH is 1. The van der Waals surface area contributed by atoms with Crippen LogP contribution in [-0.2, 0) is 32.5 Å². The Hall–Kier alpha value is -3.43. The minimum atomic E-state index is -4.01. The molecule has 0 aliphatic carbocycles. The van der Waals surface area contributed by atoms with Crippen molar-refractivity contribution < 1.29 is 27.9 Å². The van der Waals surface area contributed by atoms with Crippen LogP contribution >= 0.6 is 22.7 Å². The molecule has 2 amide bonds. The molecule has 0 spiro atoms. The molecule has 45 heavy (non-hydrogen) atoms. The van der Waals surface area contributed by atoms with Gasteiger partial charge in [-0.15, -0.1) is 22.7 Å². The minimum absolute atomic E-state index is 0.0201. The summed E-state index contributed by atoms with van der Waals surface area (Å²) in [7, 11) is -4.01. The van der Waals surface area contributed by atoms with E-state index >= 15 is 0 Å². The lowest BCUT2D eigenvalue weighted by atomic mass is 10.0. The highest BCUT2D eigenvalue weighted by atomic mass is 32.2. The van der Waals surface area contributed by atoms with Crippen LogP contribution in [0.5, 0.6) is 0 Å². The third-order valence-electron chi connectivity index (χ3n) is 7.83. The summed E-state index contributed by atoms with van der Waals surface area (Å²) in [5, 5.41) is 17.2. The summed E-state index contributed by atoms with van der Waals surface area (Å²) in [5.74, 6) is -0.543. The molecule has 240 valence electrons. The van der Waals surface area contributed by atoms with Gasteiger partial charge in [0, 0.05) is 18.5 Å². The fourth-order valence-electron chi connectivity index (χ4n) is 5.11. The second kappa shape index (κ2) is 14.3. The Bertz CT molecular complexity index is 1730. The third-order valence-corrected chi connectivity index (χ3v) is 11.3. The first-order chi connectivity index (χ1) is 21.5. The molecule has 2 aromatic carbocycles. The second-order valence-electron chi connectivity index (χ2n) is 11.3. The Morgan fingerprint density at radius 1 is 1.20 bits per heavy atom. The van der Waals surface area contributed by atoms with Crippen LogP contribution in [0.4, 0.5) is 4.79 Å². The number of aliphatic hydroxyl groups is 1. The number of carbonyl (C=O) groups is 2. The first-order valence-corrected chi connectivity index (χ1v) is 18.0. The summed E-state index contributed by atoms with van der Waals surface area (Å²) in [5.41, 5.74) is 3.94. The topological polar surface area (TPSA) is 142 Å². The molecule has 5 rings (SSSR count). The molecular weight excluding hydrogens is 635 g/mol. The number of fused-ring (bicyclic) bond motifs is 1. The number of cyclic esters (lactones) is 1. The Morgan fingerprint density at radius 2 is 1.98 bits per heavy atom. The number of ether oxygens (including phenoxy) is 1. The molecule has 1 aliphatic rings. The van der Waals surface area contributed by atoms with Gasteiger partial charge in [-0.25, -0.2) is 23.2 Å². The van der Waals surface area contributed by atoms with Gasteiger partial charge in [-0.05, 0) is 43.0 Å². The number of aryl methyl sites for hydroxylation is 1. The highest BCUT2D eigenvalue weighted by molar-refractivity contribution is 7.89. The van der Waals surface area contributed by atoms with Crippen LogP contribution < -0.4 is 5.32 Å². The van der Waals surface area contributed by atoms with E-state index in [4.69, 9.17) is 4.74 Å². The number of aromatic nitrogens is 2. The van der Waals surface area contributed by atoms with E-state index < -0.39 is 40.3 Å². The average Bonchev–Trinajstić information content (AvgIpc) is 3.76. The molecule has 0 radical (unpaired) electrons. The van der Waals surface area contributed by atoms with Crippen LogP contribution in [0, 0.1) is 12.8 Å². The van der Waals surface area contributed by atoms with Crippen molar-refractivity contribution in [3.63, 3.8) is 0 Å². The zero-order chi connectivity index (χ0) is 32.1. The molecule has 3 heterocycles. The molecule has 11 nitrogen and oxygen atoms in total. The van der Waals surface area contributed by atoms with E-state index in [0.29, 0.717) is 11.2 Å². The van der Waals surface area contributed by atoms with Crippen molar-refractivity contribution in [2.24, 2.45) is 5.92 Å². The summed E-state index contributed by atoms with van der Waals surface area (Å²) in [6.45, 7) is 6.01. The molecule has 1 saturated heterocycles. The Morgan fingerprint density at radius 3 is 2.69 bits per heavy atom. The van der Waals surface area contributed by atoms with Crippen molar-refractivity contribution in [2.75, 3.05) is 19.6 Å². The number of amides is 2. The number of benzene rings is 2. The molecule has 4 aromatic rings. The molecular formula is C31H37N5O6S3. The molecule has 0 bridgehead atoms. The van der Waals surface area contributed by atoms with Crippen molar-refractivity contribution in [3.05, 3.63) is 75.7 Å². The van der Waals surface area contributed by atoms with E-state index in [9.17, 15) is 23.1 Å². The molecule has 4 atom stereocenters. The average molecular weight is 672 g/mol. The Balaban J connectivity index is 1.35. The summed E-state index contributed by atoms with van der Waals surface area (Å²) < 4.78 is 35.4. The molecule has 1 fully saturated rings. The van der Waals surface area contributed by atoms with Gasteiger partial charge < -0.3 is 15.2 Å². The SMILES string of the molecule is CC[C@@H](C)CN(CC(O)C(Cc1ccccc1)NC(=O)C1CN(Cc2csc(C)n2)C(=O)O1)S(=O)(=O)c1ccc2ncsc2c1. The van der Waals surface area contributed by atoms with Crippen molar-refractivity contribution in [2.45, 2.75) is 63.3 Å². The highest BCUT2D eigenvalue weighted by Gasteiger charge is 2.39. The molecule has 2 aromatic heterocycles. The summed E-state index contributed by atoms with van der Waals surface area (Å²) in [6.07, 6.45) is -2.01. The lowest BCUT2D eigenvalue weighted by Gasteiger charge is -2.31. The number of hydrogen-bond donors (Lipinski definition) is 2. The molecule has 14 heteroatoms. The number of nitrogens with zero attached hydrogens (tertiary/aromatic N) is 4. The summed E-state index contributed by atoms with van der Waals surface area (Å²) in [6, 6.07) is 13.3. The van der Waals surface area contributed by atoms with Gasteiger partial charge in [-0.3, -0.25) is 9.69 Å². The van der Waals surface area contributed by atoms with Gasteiger partial charge in [0.15, 0.2) is 6.10 Å². The number of nitrogens with one attached hydrogen (secondary N) is 1.